The molecule has 148 valence electrons. The molecule has 1 atom stereocenters. The molecule has 2 amide bonds. The first kappa shape index (κ1) is 20.2. The molecule has 29 heavy (non-hydrogen) atoms. The van der Waals surface area contributed by atoms with Gasteiger partial charge < -0.3 is 16.0 Å². The Balaban J connectivity index is 1.61. The van der Waals surface area contributed by atoms with Crippen LogP contribution in [-0.2, 0) is 4.79 Å². The summed E-state index contributed by atoms with van der Waals surface area (Å²) < 4.78 is 13.3. The highest BCUT2D eigenvalue weighted by atomic mass is 19.1. The largest absolute Gasteiger partial charge is 0.324 e. The fraction of sp³-hybridized carbons (Fsp3) is 0.130. The summed E-state index contributed by atoms with van der Waals surface area (Å²) in [7, 11) is 0. The maximum Gasteiger partial charge on any atom is 0.257 e. The van der Waals surface area contributed by atoms with E-state index < -0.39 is 0 Å². The first-order valence-electron chi connectivity index (χ1n) is 9.27. The minimum atomic E-state index is -0.320. The number of rotatable bonds is 7. The lowest BCUT2D eigenvalue weighted by Crippen LogP contribution is -2.30. The van der Waals surface area contributed by atoms with Gasteiger partial charge in [0.05, 0.1) is 17.8 Å². The highest BCUT2D eigenvalue weighted by Crippen LogP contribution is 2.18. The Labute approximate surface area is 169 Å². The van der Waals surface area contributed by atoms with Crippen molar-refractivity contribution in [3.63, 3.8) is 0 Å². The second-order valence-electron chi connectivity index (χ2n) is 6.57. The van der Waals surface area contributed by atoms with Crippen molar-refractivity contribution in [3.05, 3.63) is 95.8 Å². The van der Waals surface area contributed by atoms with E-state index in [2.05, 4.69) is 16.0 Å². The second kappa shape index (κ2) is 9.61. The van der Waals surface area contributed by atoms with Gasteiger partial charge in [0.15, 0.2) is 0 Å². The minimum Gasteiger partial charge on any atom is -0.324 e. The number of hydrogen-bond donors (Lipinski definition) is 3. The molecule has 0 saturated carbocycles. The molecule has 6 heteroatoms. The third-order valence-corrected chi connectivity index (χ3v) is 4.39. The average molecular weight is 391 g/mol. The fourth-order valence-electron chi connectivity index (χ4n) is 2.84. The lowest BCUT2D eigenvalue weighted by atomic mass is 10.1. The summed E-state index contributed by atoms with van der Waals surface area (Å²) in [5.41, 5.74) is 2.21. The molecule has 0 unspecified atom stereocenters. The number of carbonyl (C=O) groups excluding carboxylic acids is 2. The summed E-state index contributed by atoms with van der Waals surface area (Å²) in [4.78, 5) is 25.0. The van der Waals surface area contributed by atoms with Crippen molar-refractivity contribution in [2.45, 2.75) is 13.0 Å². The van der Waals surface area contributed by atoms with Gasteiger partial charge in [-0.2, -0.15) is 0 Å². The smallest absolute Gasteiger partial charge is 0.257 e. The van der Waals surface area contributed by atoms with Crippen molar-refractivity contribution in [1.82, 2.24) is 5.32 Å². The van der Waals surface area contributed by atoms with Crippen molar-refractivity contribution < 1.29 is 14.0 Å². The van der Waals surface area contributed by atoms with Gasteiger partial charge >= 0.3 is 0 Å². The summed E-state index contributed by atoms with van der Waals surface area (Å²) in [6, 6.07) is 21.9. The van der Waals surface area contributed by atoms with E-state index in [1.807, 2.05) is 25.1 Å². The molecule has 0 heterocycles. The molecule has 0 aromatic heterocycles. The van der Waals surface area contributed by atoms with Gasteiger partial charge in [-0.3, -0.25) is 9.59 Å². The Hall–Kier alpha value is -3.51. The number of amides is 2. The summed E-state index contributed by atoms with van der Waals surface area (Å²) in [5, 5.41) is 8.62. The van der Waals surface area contributed by atoms with E-state index in [0.717, 1.165) is 5.56 Å². The summed E-state index contributed by atoms with van der Waals surface area (Å²) in [5.74, 6) is -0.930. The van der Waals surface area contributed by atoms with Crippen molar-refractivity contribution in [3.8, 4) is 0 Å². The van der Waals surface area contributed by atoms with Crippen LogP contribution in [0.15, 0.2) is 78.9 Å². The van der Waals surface area contributed by atoms with E-state index in [1.165, 1.54) is 12.1 Å². The van der Waals surface area contributed by atoms with Crippen LogP contribution >= 0.6 is 0 Å². The van der Waals surface area contributed by atoms with E-state index in [1.54, 1.807) is 48.5 Å². The van der Waals surface area contributed by atoms with Crippen LogP contribution in [0.5, 0.6) is 0 Å². The lowest BCUT2D eigenvalue weighted by Gasteiger charge is -2.15. The Bertz CT molecular complexity index is 992. The van der Waals surface area contributed by atoms with E-state index in [0.29, 0.717) is 16.9 Å². The van der Waals surface area contributed by atoms with Crippen molar-refractivity contribution in [2.24, 2.45) is 0 Å². The van der Waals surface area contributed by atoms with E-state index in [9.17, 15) is 14.0 Å². The second-order valence-corrected chi connectivity index (χ2v) is 6.57. The highest BCUT2D eigenvalue weighted by Gasteiger charge is 2.14. The molecule has 0 spiro atoms. The molecule has 5 nitrogen and oxygen atoms in total. The van der Waals surface area contributed by atoms with Crippen LogP contribution < -0.4 is 16.0 Å². The number of para-hydroxylation sites is 2. The molecule has 0 fully saturated rings. The molecule has 0 bridgehead atoms. The molecule has 3 N–H and O–H groups in total. The predicted octanol–water partition coefficient (Wildman–Crippen LogP) is 4.37. The average Bonchev–Trinajstić information content (AvgIpc) is 2.73. The fourth-order valence-corrected chi connectivity index (χ4v) is 2.84. The SMILES string of the molecule is C[C@H](NCC(=O)Nc1ccccc1C(=O)Nc1ccccc1)c1cccc(F)c1. The highest BCUT2D eigenvalue weighted by molar-refractivity contribution is 6.10. The maximum absolute atomic E-state index is 13.3. The third-order valence-electron chi connectivity index (χ3n) is 4.39. The zero-order valence-corrected chi connectivity index (χ0v) is 16.0. The monoisotopic (exact) mass is 391 g/mol. The topological polar surface area (TPSA) is 70.2 Å². The van der Waals surface area contributed by atoms with E-state index in [-0.39, 0.29) is 30.2 Å². The van der Waals surface area contributed by atoms with Gasteiger partial charge in [0.2, 0.25) is 5.91 Å². The zero-order valence-electron chi connectivity index (χ0n) is 16.0. The normalized spacial score (nSPS) is 11.5. The van der Waals surface area contributed by atoms with Gasteiger partial charge in [0.1, 0.15) is 5.82 Å². The van der Waals surface area contributed by atoms with Gasteiger partial charge in [-0.05, 0) is 48.9 Å². The van der Waals surface area contributed by atoms with E-state index >= 15 is 0 Å². The quantitative estimate of drug-likeness (QED) is 0.560. The summed E-state index contributed by atoms with van der Waals surface area (Å²) in [6.45, 7) is 1.87. The Morgan fingerprint density at radius 3 is 2.38 bits per heavy atom. The third kappa shape index (κ3) is 5.73. The summed E-state index contributed by atoms with van der Waals surface area (Å²) >= 11 is 0. The Morgan fingerprint density at radius 1 is 0.897 bits per heavy atom. The van der Waals surface area contributed by atoms with Crippen molar-refractivity contribution in [1.29, 1.82) is 0 Å². The maximum atomic E-state index is 13.3. The van der Waals surface area contributed by atoms with Crippen molar-refractivity contribution in [2.75, 3.05) is 17.2 Å². The van der Waals surface area contributed by atoms with E-state index in [4.69, 9.17) is 0 Å². The predicted molar refractivity (Wildman–Crippen MR) is 112 cm³/mol. The first-order valence-corrected chi connectivity index (χ1v) is 9.27. The molecule has 0 radical (unpaired) electrons. The number of benzene rings is 3. The molecule has 3 aromatic carbocycles. The van der Waals surface area contributed by atoms with Crippen LogP contribution in [0.3, 0.4) is 0 Å². The van der Waals surface area contributed by atoms with Crippen LogP contribution in [0.2, 0.25) is 0 Å². The molecule has 0 aliphatic heterocycles. The van der Waals surface area contributed by atoms with Gasteiger partial charge in [-0.15, -0.1) is 0 Å². The van der Waals surface area contributed by atoms with Crippen LogP contribution in [-0.4, -0.2) is 18.4 Å². The standard InChI is InChI=1S/C23H22FN3O2/c1-16(17-8-7-9-18(24)14-17)25-15-22(28)27-21-13-6-5-12-20(21)23(29)26-19-10-3-2-4-11-19/h2-14,16,25H,15H2,1H3,(H,26,29)(H,27,28)/t16-/m0/s1. The number of anilines is 2. The molecule has 0 aliphatic rings. The van der Waals surface area contributed by atoms with Crippen LogP contribution in [0, 0.1) is 5.82 Å². The number of hydrogen-bond acceptors (Lipinski definition) is 3. The van der Waals surface area contributed by atoms with Crippen molar-refractivity contribution >= 4 is 23.2 Å². The molecular formula is C23H22FN3O2. The lowest BCUT2D eigenvalue weighted by molar-refractivity contribution is -0.115. The first-order chi connectivity index (χ1) is 14.0. The van der Waals surface area contributed by atoms with Crippen LogP contribution in [0.25, 0.3) is 0 Å². The zero-order chi connectivity index (χ0) is 20.6. The van der Waals surface area contributed by atoms with Crippen LogP contribution in [0.1, 0.15) is 28.9 Å². The molecule has 3 aromatic rings. The molecule has 0 aliphatic carbocycles. The Morgan fingerprint density at radius 2 is 1.62 bits per heavy atom. The number of halogens is 1. The minimum absolute atomic E-state index is 0.0202. The molecular weight excluding hydrogens is 369 g/mol. The summed E-state index contributed by atoms with van der Waals surface area (Å²) in [6.07, 6.45) is 0. The molecule has 3 rings (SSSR count). The van der Waals surface area contributed by atoms with Gasteiger partial charge in [0, 0.05) is 11.7 Å². The van der Waals surface area contributed by atoms with Crippen LogP contribution in [0.4, 0.5) is 15.8 Å². The van der Waals surface area contributed by atoms with Gasteiger partial charge in [-0.25, -0.2) is 4.39 Å². The number of carbonyl (C=O) groups is 2. The number of nitrogens with one attached hydrogen (secondary N) is 3. The van der Waals surface area contributed by atoms with Gasteiger partial charge in [0.25, 0.3) is 5.91 Å². The Kier molecular flexibility index (Phi) is 6.71. The van der Waals surface area contributed by atoms with Gasteiger partial charge in [-0.1, -0.05) is 42.5 Å². The molecule has 0 saturated heterocycles.